The predicted octanol–water partition coefficient (Wildman–Crippen LogP) is 1.47. The molecule has 2 aromatic heterocycles. The summed E-state index contributed by atoms with van der Waals surface area (Å²) in [5, 5.41) is 19.0. The molecule has 2 aromatic rings. The van der Waals surface area contributed by atoms with Gasteiger partial charge in [0.25, 0.3) is 0 Å². The van der Waals surface area contributed by atoms with Gasteiger partial charge in [0.05, 0.1) is 5.60 Å². The number of aromatic nitrogens is 5. The lowest BCUT2D eigenvalue weighted by molar-refractivity contribution is -0.0345. The van der Waals surface area contributed by atoms with Gasteiger partial charge in [-0.25, -0.2) is 9.97 Å². The Morgan fingerprint density at radius 1 is 1.24 bits per heavy atom. The van der Waals surface area contributed by atoms with E-state index in [1.165, 1.54) is 0 Å². The van der Waals surface area contributed by atoms with Gasteiger partial charge in [-0.2, -0.15) is 0 Å². The van der Waals surface area contributed by atoms with Crippen LogP contribution in [0.5, 0.6) is 0 Å². The standard InChI is InChI=1S/C18H28N6O/c1-17(2,3)16-19-9-14(10-20-16)11-24-7-5-6-18(25,12-24)8-15-22-21-13-23(15)4/h9-10,13,25H,5-8,11-12H2,1-4H3. The van der Waals surface area contributed by atoms with Gasteiger partial charge in [-0.1, -0.05) is 20.8 Å². The van der Waals surface area contributed by atoms with E-state index in [2.05, 4.69) is 45.8 Å². The van der Waals surface area contributed by atoms with E-state index in [-0.39, 0.29) is 5.41 Å². The van der Waals surface area contributed by atoms with Gasteiger partial charge < -0.3 is 9.67 Å². The Morgan fingerprint density at radius 3 is 2.56 bits per heavy atom. The summed E-state index contributed by atoms with van der Waals surface area (Å²) in [6.45, 7) is 8.69. The topological polar surface area (TPSA) is 80.0 Å². The Balaban J connectivity index is 1.64. The first-order valence-corrected chi connectivity index (χ1v) is 8.84. The van der Waals surface area contributed by atoms with Crippen molar-refractivity contribution in [3.8, 4) is 0 Å². The van der Waals surface area contributed by atoms with Crippen molar-refractivity contribution in [2.45, 2.75) is 57.6 Å². The summed E-state index contributed by atoms with van der Waals surface area (Å²) in [6.07, 6.45) is 7.77. The molecule has 1 N–H and O–H groups in total. The number of β-amino-alcohol motifs (C(OH)–C–C–N with tert-alkyl or cyclic N) is 1. The minimum Gasteiger partial charge on any atom is -0.388 e. The van der Waals surface area contributed by atoms with E-state index in [1.54, 1.807) is 6.33 Å². The largest absolute Gasteiger partial charge is 0.388 e. The van der Waals surface area contributed by atoms with Crippen LogP contribution in [0.3, 0.4) is 0 Å². The normalized spacial score (nSPS) is 22.3. The van der Waals surface area contributed by atoms with E-state index in [9.17, 15) is 5.11 Å². The minimum absolute atomic E-state index is 0.0417. The Hall–Kier alpha value is -1.86. The first-order valence-electron chi connectivity index (χ1n) is 8.84. The fraction of sp³-hybridized carbons (Fsp3) is 0.667. The van der Waals surface area contributed by atoms with Crippen LogP contribution in [0.25, 0.3) is 0 Å². The second-order valence-corrected chi connectivity index (χ2v) is 8.24. The van der Waals surface area contributed by atoms with Crippen molar-refractivity contribution in [3.63, 3.8) is 0 Å². The molecule has 1 saturated heterocycles. The van der Waals surface area contributed by atoms with Gasteiger partial charge in [0.15, 0.2) is 0 Å². The van der Waals surface area contributed by atoms with Crippen LogP contribution < -0.4 is 0 Å². The van der Waals surface area contributed by atoms with Gasteiger partial charge >= 0.3 is 0 Å². The Labute approximate surface area is 149 Å². The monoisotopic (exact) mass is 344 g/mol. The van der Waals surface area contributed by atoms with Crippen molar-refractivity contribution in [2.75, 3.05) is 13.1 Å². The maximum absolute atomic E-state index is 11.0. The van der Waals surface area contributed by atoms with E-state index in [0.29, 0.717) is 13.0 Å². The van der Waals surface area contributed by atoms with Gasteiger partial charge in [0.2, 0.25) is 0 Å². The van der Waals surface area contributed by atoms with Crippen LogP contribution in [0.4, 0.5) is 0 Å². The number of aryl methyl sites for hydroxylation is 1. The zero-order valence-electron chi connectivity index (χ0n) is 15.6. The quantitative estimate of drug-likeness (QED) is 0.905. The van der Waals surface area contributed by atoms with Crippen molar-refractivity contribution >= 4 is 0 Å². The van der Waals surface area contributed by atoms with Gasteiger partial charge in [0.1, 0.15) is 18.0 Å². The Bertz CT molecular complexity index is 705. The summed E-state index contributed by atoms with van der Waals surface area (Å²) in [7, 11) is 1.91. The number of nitrogens with zero attached hydrogens (tertiary/aromatic N) is 6. The van der Waals surface area contributed by atoms with Crippen LogP contribution in [0, 0.1) is 0 Å². The first-order chi connectivity index (χ1) is 11.8. The number of piperidine rings is 1. The summed E-state index contributed by atoms with van der Waals surface area (Å²) in [4.78, 5) is 11.3. The molecule has 3 rings (SSSR count). The highest BCUT2D eigenvalue weighted by Gasteiger charge is 2.34. The summed E-state index contributed by atoms with van der Waals surface area (Å²) in [5.74, 6) is 1.68. The molecule has 0 bridgehead atoms. The van der Waals surface area contributed by atoms with Crippen molar-refractivity contribution < 1.29 is 5.11 Å². The zero-order chi connectivity index (χ0) is 18.1. The molecule has 1 atom stereocenters. The van der Waals surface area contributed by atoms with Crippen LogP contribution in [0.15, 0.2) is 18.7 Å². The minimum atomic E-state index is -0.759. The molecule has 7 heteroatoms. The van der Waals surface area contributed by atoms with Crippen molar-refractivity contribution in [2.24, 2.45) is 7.05 Å². The predicted molar refractivity (Wildman–Crippen MR) is 94.9 cm³/mol. The first kappa shape index (κ1) is 17.9. The number of hydrogen-bond acceptors (Lipinski definition) is 6. The average Bonchev–Trinajstić information content (AvgIpc) is 2.91. The zero-order valence-corrected chi connectivity index (χ0v) is 15.6. The van der Waals surface area contributed by atoms with Crippen molar-refractivity contribution in [3.05, 3.63) is 35.9 Å². The van der Waals surface area contributed by atoms with Crippen molar-refractivity contribution in [1.29, 1.82) is 0 Å². The molecule has 0 aliphatic carbocycles. The maximum atomic E-state index is 11.0. The molecule has 1 aliphatic heterocycles. The number of rotatable bonds is 4. The highest BCUT2D eigenvalue weighted by molar-refractivity contribution is 5.10. The van der Waals surface area contributed by atoms with Gasteiger partial charge in [-0.3, -0.25) is 4.90 Å². The lowest BCUT2D eigenvalue weighted by Gasteiger charge is -2.39. The van der Waals surface area contributed by atoms with E-state index < -0.39 is 5.60 Å². The van der Waals surface area contributed by atoms with E-state index in [1.807, 2.05) is 24.0 Å². The number of likely N-dealkylation sites (tertiary alicyclic amines) is 1. The van der Waals surface area contributed by atoms with Gasteiger partial charge in [-0.05, 0) is 19.4 Å². The van der Waals surface area contributed by atoms with Crippen LogP contribution in [0.1, 0.15) is 50.8 Å². The fourth-order valence-corrected chi connectivity index (χ4v) is 3.33. The molecule has 7 nitrogen and oxygen atoms in total. The molecule has 0 aromatic carbocycles. The van der Waals surface area contributed by atoms with Crippen LogP contribution in [-0.2, 0) is 25.4 Å². The summed E-state index contributed by atoms with van der Waals surface area (Å²) >= 11 is 0. The Morgan fingerprint density at radius 2 is 1.96 bits per heavy atom. The van der Waals surface area contributed by atoms with E-state index >= 15 is 0 Å². The highest BCUT2D eigenvalue weighted by Crippen LogP contribution is 2.26. The molecule has 1 aliphatic rings. The molecule has 3 heterocycles. The molecule has 25 heavy (non-hydrogen) atoms. The maximum Gasteiger partial charge on any atom is 0.135 e. The highest BCUT2D eigenvalue weighted by atomic mass is 16.3. The van der Waals surface area contributed by atoms with E-state index in [4.69, 9.17) is 0 Å². The molecule has 1 unspecified atom stereocenters. The summed E-state index contributed by atoms with van der Waals surface area (Å²) in [6, 6.07) is 0. The third kappa shape index (κ3) is 4.41. The summed E-state index contributed by atoms with van der Waals surface area (Å²) < 4.78 is 1.87. The number of hydrogen-bond donors (Lipinski definition) is 1. The van der Waals surface area contributed by atoms with Crippen molar-refractivity contribution in [1.82, 2.24) is 29.6 Å². The fourth-order valence-electron chi connectivity index (χ4n) is 3.33. The third-order valence-corrected chi connectivity index (χ3v) is 4.71. The van der Waals surface area contributed by atoms with Gasteiger partial charge in [-0.15, -0.1) is 10.2 Å². The molecule has 0 saturated carbocycles. The van der Waals surface area contributed by atoms with Crippen LogP contribution in [0.2, 0.25) is 0 Å². The molecule has 0 radical (unpaired) electrons. The third-order valence-electron chi connectivity index (χ3n) is 4.71. The molecular weight excluding hydrogens is 316 g/mol. The number of aliphatic hydroxyl groups is 1. The average molecular weight is 344 g/mol. The van der Waals surface area contributed by atoms with Gasteiger partial charge in [0, 0.05) is 49.9 Å². The molecular formula is C18H28N6O. The second-order valence-electron chi connectivity index (χ2n) is 8.24. The Kier molecular flexibility index (Phi) is 4.88. The van der Waals surface area contributed by atoms with Crippen LogP contribution >= 0.6 is 0 Å². The van der Waals surface area contributed by atoms with Crippen LogP contribution in [-0.4, -0.2) is 53.4 Å². The second kappa shape index (κ2) is 6.80. The molecule has 136 valence electrons. The molecule has 0 spiro atoms. The smallest absolute Gasteiger partial charge is 0.135 e. The molecule has 1 fully saturated rings. The SMILES string of the molecule is Cn1cnnc1CC1(O)CCCN(Cc2cnc(C(C)(C)C)nc2)C1. The van der Waals surface area contributed by atoms with E-state index in [0.717, 1.165) is 43.1 Å². The lowest BCUT2D eigenvalue weighted by Crippen LogP contribution is -2.49. The summed E-state index contributed by atoms with van der Waals surface area (Å²) in [5.41, 5.74) is 0.279. The lowest BCUT2D eigenvalue weighted by atomic mass is 9.89. The molecule has 0 amide bonds.